The summed E-state index contributed by atoms with van der Waals surface area (Å²) in [5.41, 5.74) is 8.36. The maximum absolute atomic E-state index is 4.76. The highest BCUT2D eigenvalue weighted by Crippen LogP contribution is 2.17. The van der Waals surface area contributed by atoms with Crippen LogP contribution in [0.15, 0.2) is 107 Å². The van der Waals surface area contributed by atoms with Crippen molar-refractivity contribution in [1.29, 1.82) is 0 Å². The molecule has 0 saturated carbocycles. The van der Waals surface area contributed by atoms with Gasteiger partial charge >= 0.3 is 0 Å². The van der Waals surface area contributed by atoms with Gasteiger partial charge in [-0.15, -0.1) is 34.0 Å². The van der Waals surface area contributed by atoms with Crippen molar-refractivity contribution >= 4 is 34.0 Å². The van der Waals surface area contributed by atoms with E-state index in [1.54, 1.807) is 65.3 Å². The minimum absolute atomic E-state index is 0.480. The second kappa shape index (κ2) is 70.0. The molecule has 0 aliphatic carbocycles. The summed E-state index contributed by atoms with van der Waals surface area (Å²) >= 11 is 5.10. The van der Waals surface area contributed by atoms with Gasteiger partial charge in [-0.05, 0) is 43.4 Å². The summed E-state index contributed by atoms with van der Waals surface area (Å²) in [6, 6.07) is 0.539. The minimum Gasteiger partial charge on any atom is -0.451 e. The van der Waals surface area contributed by atoms with Crippen LogP contribution in [-0.4, -0.2) is 59.4 Å². The number of nitrogens with one attached hydrogen (secondary N) is 3. The van der Waals surface area contributed by atoms with E-state index in [1.165, 1.54) is 33.4 Å². The number of aromatic amines is 3. The van der Waals surface area contributed by atoms with Crippen LogP contribution in [0.1, 0.15) is 308 Å². The van der Waals surface area contributed by atoms with Crippen molar-refractivity contribution in [2.24, 2.45) is 0 Å². The molecule has 8 aromatic heterocycles. The van der Waals surface area contributed by atoms with E-state index in [9.17, 15) is 0 Å². The van der Waals surface area contributed by atoms with Gasteiger partial charge in [-0.1, -0.05) is 208 Å². The van der Waals surface area contributed by atoms with Crippen molar-refractivity contribution in [1.82, 2.24) is 59.4 Å². The molecule has 0 aromatic carbocycles. The van der Waals surface area contributed by atoms with Crippen molar-refractivity contribution in [2.75, 3.05) is 0 Å². The summed E-state index contributed by atoms with van der Waals surface area (Å²) in [7, 11) is 0. The number of imidazole rings is 4. The number of oxazole rings is 1. The van der Waals surface area contributed by atoms with Gasteiger partial charge in [0, 0.05) is 94.5 Å². The Labute approximate surface area is 505 Å². The summed E-state index contributed by atoms with van der Waals surface area (Å²) in [4.78, 5) is 42.4. The minimum atomic E-state index is 0.480. The molecule has 0 radical (unpaired) electrons. The quantitative estimate of drug-likeness (QED) is 0.134. The lowest BCUT2D eigenvalue weighted by Crippen LogP contribution is -1.95. The van der Waals surface area contributed by atoms with Crippen LogP contribution in [0.25, 0.3) is 0 Å². The molecule has 0 fully saturated rings. The molecule has 8 aromatic rings. The Kier molecular flexibility index (Phi) is 80.1. The van der Waals surface area contributed by atoms with Crippen molar-refractivity contribution in [3.8, 4) is 0 Å². The first-order chi connectivity index (χ1) is 38.4. The molecule has 13 nitrogen and oxygen atoms in total. The van der Waals surface area contributed by atoms with E-state index >= 15 is 0 Å². The lowest BCUT2D eigenvalue weighted by molar-refractivity contribution is 0.555. The number of rotatable bonds is 8. The molecular weight excluding hydrogens is 1050 g/mol. The molecule has 0 bridgehead atoms. The summed E-state index contributed by atoms with van der Waals surface area (Å²) in [5, 5.41) is 5.32. The van der Waals surface area contributed by atoms with Crippen LogP contribution < -0.4 is 0 Å². The third-order valence-electron chi connectivity index (χ3n) is 8.52. The molecule has 8 rings (SSSR count). The van der Waals surface area contributed by atoms with Gasteiger partial charge in [0.15, 0.2) is 6.39 Å². The molecule has 0 atom stereocenters. The maximum atomic E-state index is 4.76. The normalized spacial score (nSPS) is 8.90. The number of aromatic nitrogens is 12. The van der Waals surface area contributed by atoms with Crippen LogP contribution in [0.2, 0.25) is 0 Å². The molecule has 0 amide bonds. The van der Waals surface area contributed by atoms with Crippen LogP contribution in [-0.2, 0) is 0 Å². The lowest BCUT2D eigenvalue weighted by Gasteiger charge is -2.02. The summed E-state index contributed by atoms with van der Waals surface area (Å²) in [6.45, 7) is 66.1. The predicted octanol–water partition coefficient (Wildman–Crippen LogP) is 22.9. The van der Waals surface area contributed by atoms with E-state index in [0.29, 0.717) is 47.5 Å². The third kappa shape index (κ3) is 54.9. The fraction of sp³-hybridized carbons (Fsp3) is 0.625. The zero-order valence-corrected chi connectivity index (χ0v) is 59.5. The molecule has 464 valence electrons. The van der Waals surface area contributed by atoms with E-state index in [1.807, 2.05) is 171 Å². The average Bonchev–Trinajstić information content (AvgIpc) is 4.34. The number of hydrogen-bond donors (Lipinski definition) is 3. The van der Waals surface area contributed by atoms with Crippen LogP contribution in [0.5, 0.6) is 0 Å². The van der Waals surface area contributed by atoms with Crippen molar-refractivity contribution in [2.45, 2.75) is 269 Å². The third-order valence-corrected chi connectivity index (χ3v) is 11.3. The zero-order valence-electron chi connectivity index (χ0n) is 57.1. The number of H-pyrrole nitrogens is 3. The first-order valence-corrected chi connectivity index (χ1v) is 32.6. The summed E-state index contributed by atoms with van der Waals surface area (Å²) < 4.78 is 6.82. The Bertz CT molecular complexity index is 1610. The topological polar surface area (TPSA) is 169 Å². The number of hydrogen-bond acceptors (Lipinski definition) is 12. The molecule has 8 heterocycles. The fourth-order valence-electron chi connectivity index (χ4n) is 4.38. The van der Waals surface area contributed by atoms with E-state index in [4.69, 9.17) is 4.42 Å². The van der Waals surface area contributed by atoms with Crippen molar-refractivity contribution < 1.29 is 4.42 Å². The van der Waals surface area contributed by atoms with E-state index in [2.05, 4.69) is 176 Å². The standard InChI is InChI=1S/4C6H10N2.C6H9NO.3C6H9NS.8C2H6/c2*1-5(2)6-3-7-4-8-6;1-6(2)8-4-3-7-5-8;1-5(2)6-7-3-4-8-6;2*1-5(2)6-3-8-4-7-6;1-5(2)6-3-7-4-8-6;1-5(2)6-7-3-4-8-6;8*1-2/h2*3-5H,1-2H3,(H,7,8);3-6H,1-2H3;3-5H,1-2H3,(H,7,8);4*3-5H,1-2H3;8*1-2H3. The van der Waals surface area contributed by atoms with Crippen molar-refractivity contribution in [3.63, 3.8) is 0 Å². The van der Waals surface area contributed by atoms with E-state index in [0.717, 1.165) is 11.5 Å². The second-order valence-electron chi connectivity index (χ2n) is 16.8. The smallest absolute Gasteiger partial charge is 0.180 e. The highest BCUT2D eigenvalue weighted by Gasteiger charge is 2.01. The van der Waals surface area contributed by atoms with Crippen molar-refractivity contribution in [3.05, 3.63) is 141 Å². The Morgan fingerprint density at radius 2 is 0.963 bits per heavy atom. The Morgan fingerprint density at radius 3 is 1.14 bits per heavy atom. The van der Waals surface area contributed by atoms with Gasteiger partial charge in [-0.25, -0.2) is 34.9 Å². The van der Waals surface area contributed by atoms with Gasteiger partial charge < -0.3 is 23.9 Å². The van der Waals surface area contributed by atoms with Gasteiger partial charge in [0.05, 0.1) is 46.4 Å². The van der Waals surface area contributed by atoms with Gasteiger partial charge in [0.25, 0.3) is 0 Å². The molecule has 0 saturated heterocycles. The molecule has 80 heavy (non-hydrogen) atoms. The second-order valence-corrected chi connectivity index (χ2v) is 19.3. The Morgan fingerprint density at radius 1 is 0.450 bits per heavy atom. The number of thiazole rings is 3. The van der Waals surface area contributed by atoms with E-state index < -0.39 is 0 Å². The Hall–Kier alpha value is -5.06. The molecule has 0 aliphatic rings. The average molecular weight is 1170 g/mol. The highest BCUT2D eigenvalue weighted by molar-refractivity contribution is 7.09. The molecule has 16 heteroatoms. The van der Waals surface area contributed by atoms with E-state index in [-0.39, 0.29) is 0 Å². The molecule has 0 unspecified atom stereocenters. The maximum Gasteiger partial charge on any atom is 0.180 e. The van der Waals surface area contributed by atoms with Gasteiger partial charge in [0.2, 0.25) is 0 Å². The molecular formula is C64H124N12OS3. The lowest BCUT2D eigenvalue weighted by atomic mass is 10.2. The predicted molar refractivity (Wildman–Crippen MR) is 361 cm³/mol. The SMILES string of the molecule is CC.CC.CC.CC.CC.CC.CC.CC.CC(C)c1cnc[nH]1.CC(C)c1cnc[nH]1.CC(C)c1cncs1.CC(C)c1cocn1.CC(C)c1cscn1.CC(C)c1ncc[nH]1.CC(C)c1nccs1.CC(C)n1ccnc1. The van der Waals surface area contributed by atoms with Crippen LogP contribution in [0.3, 0.4) is 0 Å². The fourth-order valence-corrected chi connectivity index (χ4v) is 6.39. The number of nitrogens with zero attached hydrogens (tertiary/aromatic N) is 9. The molecule has 3 N–H and O–H groups in total. The summed E-state index contributed by atoms with van der Waals surface area (Å²) in [5.74, 6) is 5.01. The molecule has 0 spiro atoms. The monoisotopic (exact) mass is 1170 g/mol. The van der Waals surface area contributed by atoms with Crippen LogP contribution in [0, 0.1) is 0 Å². The van der Waals surface area contributed by atoms with Crippen LogP contribution >= 0.6 is 34.0 Å². The van der Waals surface area contributed by atoms with Gasteiger partial charge in [0.1, 0.15) is 12.1 Å². The largest absolute Gasteiger partial charge is 0.451 e. The first kappa shape index (κ1) is 91.4. The van der Waals surface area contributed by atoms with Crippen LogP contribution in [0.4, 0.5) is 0 Å². The highest BCUT2D eigenvalue weighted by atomic mass is 32.1. The first-order valence-electron chi connectivity index (χ1n) is 29.9. The van der Waals surface area contributed by atoms with Gasteiger partial charge in [-0.2, -0.15) is 0 Å². The van der Waals surface area contributed by atoms with Gasteiger partial charge in [-0.3, -0.25) is 4.98 Å². The zero-order chi connectivity index (χ0) is 63.9. The molecule has 0 aliphatic heterocycles. The summed E-state index contributed by atoms with van der Waals surface area (Å²) in [6.07, 6.45) is 23.2. The Balaban J connectivity index is -0.000000119.